The van der Waals surface area contributed by atoms with Gasteiger partial charge in [0.05, 0.1) is 4.47 Å². The van der Waals surface area contributed by atoms with Crippen LogP contribution in [0, 0.1) is 5.82 Å². The highest BCUT2D eigenvalue weighted by Crippen LogP contribution is 2.37. The average Bonchev–Trinajstić information content (AvgIpc) is 2.85. The number of halogens is 2. The maximum absolute atomic E-state index is 14.0. The predicted molar refractivity (Wildman–Crippen MR) is 82.3 cm³/mol. The number of aryl methyl sites for hydroxylation is 1. The number of hydrogen-bond acceptors (Lipinski definition) is 3. The molecule has 2 heterocycles. The van der Waals surface area contributed by atoms with Crippen molar-refractivity contribution in [2.45, 2.75) is 18.3 Å². The van der Waals surface area contributed by atoms with Gasteiger partial charge in [0.2, 0.25) is 0 Å². The summed E-state index contributed by atoms with van der Waals surface area (Å²) in [5.41, 5.74) is 1.63. The maximum Gasteiger partial charge on any atom is 0.143 e. The average molecular weight is 359 g/mol. The van der Waals surface area contributed by atoms with Crippen LogP contribution in [-0.2, 0) is 12.2 Å². The summed E-state index contributed by atoms with van der Waals surface area (Å²) in [4.78, 5) is 2.17. The number of hydrogen-bond donors (Lipinski definition) is 1. The van der Waals surface area contributed by atoms with E-state index in [1.54, 1.807) is 29.5 Å². The first-order valence-electron chi connectivity index (χ1n) is 5.98. The molecule has 3 rings (SSSR count). The van der Waals surface area contributed by atoms with Crippen molar-refractivity contribution in [1.82, 2.24) is 0 Å². The molecule has 0 fully saturated rings. The third kappa shape index (κ3) is 2.61. The first-order chi connectivity index (χ1) is 9.16. The SMILES string of the molecule is OC(c1cc2c(s1)CCSC2)c1cccc(Br)c1F. The van der Waals surface area contributed by atoms with Crippen LogP contribution in [0.25, 0.3) is 0 Å². The molecule has 0 radical (unpaired) electrons. The number of aliphatic hydroxyl groups excluding tert-OH is 1. The molecule has 0 aliphatic carbocycles. The molecule has 0 amide bonds. The molecule has 1 nitrogen and oxygen atoms in total. The van der Waals surface area contributed by atoms with Crippen molar-refractivity contribution < 1.29 is 9.50 Å². The highest BCUT2D eigenvalue weighted by atomic mass is 79.9. The van der Waals surface area contributed by atoms with E-state index in [1.165, 1.54) is 10.4 Å². The fourth-order valence-corrected chi connectivity index (χ4v) is 4.95. The topological polar surface area (TPSA) is 20.2 Å². The summed E-state index contributed by atoms with van der Waals surface area (Å²) < 4.78 is 14.4. The number of benzene rings is 1. The Morgan fingerprint density at radius 1 is 1.37 bits per heavy atom. The first-order valence-corrected chi connectivity index (χ1v) is 8.74. The van der Waals surface area contributed by atoms with Gasteiger partial charge in [-0.2, -0.15) is 11.8 Å². The quantitative estimate of drug-likeness (QED) is 0.851. The lowest BCUT2D eigenvalue weighted by atomic mass is 10.1. The molecule has 0 saturated heterocycles. The van der Waals surface area contributed by atoms with Crippen LogP contribution in [0.15, 0.2) is 28.7 Å². The number of fused-ring (bicyclic) bond motifs is 1. The van der Waals surface area contributed by atoms with Gasteiger partial charge < -0.3 is 5.11 Å². The third-order valence-electron chi connectivity index (χ3n) is 3.19. The lowest BCUT2D eigenvalue weighted by Crippen LogP contribution is -2.01. The van der Waals surface area contributed by atoms with E-state index in [4.69, 9.17) is 0 Å². The fraction of sp³-hybridized carbons (Fsp3) is 0.286. The standard InChI is InChI=1S/C14H12BrFOS2/c15-10-3-1-2-9(13(10)16)14(17)12-6-8-7-18-5-4-11(8)19-12/h1-3,6,14,17H,4-5,7H2. The molecular weight excluding hydrogens is 347 g/mol. The van der Waals surface area contributed by atoms with Crippen LogP contribution in [-0.4, -0.2) is 10.9 Å². The number of thiophene rings is 1. The zero-order valence-electron chi connectivity index (χ0n) is 10.0. The van der Waals surface area contributed by atoms with Gasteiger partial charge in [0.25, 0.3) is 0 Å². The zero-order valence-corrected chi connectivity index (χ0v) is 13.2. The maximum atomic E-state index is 14.0. The van der Waals surface area contributed by atoms with E-state index >= 15 is 0 Å². The Morgan fingerprint density at radius 3 is 3.00 bits per heavy atom. The van der Waals surface area contributed by atoms with Gasteiger partial charge in [-0.15, -0.1) is 11.3 Å². The summed E-state index contributed by atoms with van der Waals surface area (Å²) in [5, 5.41) is 10.4. The molecule has 0 spiro atoms. The van der Waals surface area contributed by atoms with Gasteiger partial charge in [-0.05, 0) is 45.8 Å². The van der Waals surface area contributed by atoms with Crippen LogP contribution < -0.4 is 0 Å². The van der Waals surface area contributed by atoms with Crippen LogP contribution >= 0.6 is 39.0 Å². The summed E-state index contributed by atoms with van der Waals surface area (Å²) in [5.74, 6) is 1.75. The van der Waals surface area contributed by atoms with Gasteiger partial charge in [0.1, 0.15) is 11.9 Å². The molecule has 1 atom stereocenters. The lowest BCUT2D eigenvalue weighted by molar-refractivity contribution is 0.218. The number of rotatable bonds is 2. The van der Waals surface area contributed by atoms with Crippen LogP contribution in [0.1, 0.15) is 27.0 Å². The largest absolute Gasteiger partial charge is 0.383 e. The van der Waals surface area contributed by atoms with Crippen molar-refractivity contribution in [2.75, 3.05) is 5.75 Å². The van der Waals surface area contributed by atoms with Gasteiger partial charge in [-0.1, -0.05) is 12.1 Å². The summed E-state index contributed by atoms with van der Waals surface area (Å²) >= 11 is 6.67. The lowest BCUT2D eigenvalue weighted by Gasteiger charge is -2.10. The van der Waals surface area contributed by atoms with Gasteiger partial charge >= 0.3 is 0 Å². The smallest absolute Gasteiger partial charge is 0.143 e. The van der Waals surface area contributed by atoms with E-state index in [-0.39, 0.29) is 5.82 Å². The van der Waals surface area contributed by atoms with E-state index in [2.05, 4.69) is 15.9 Å². The van der Waals surface area contributed by atoms with E-state index in [0.29, 0.717) is 10.0 Å². The molecule has 1 aliphatic heterocycles. The zero-order chi connectivity index (χ0) is 13.4. The molecule has 19 heavy (non-hydrogen) atoms. The molecule has 5 heteroatoms. The second kappa shape index (κ2) is 5.56. The van der Waals surface area contributed by atoms with Crippen LogP contribution in [0.3, 0.4) is 0 Å². The van der Waals surface area contributed by atoms with E-state index in [1.807, 2.05) is 17.8 Å². The summed E-state index contributed by atoms with van der Waals surface area (Å²) in [6.45, 7) is 0. The van der Waals surface area contributed by atoms with Crippen molar-refractivity contribution in [3.05, 3.63) is 55.4 Å². The molecule has 2 aromatic rings. The summed E-state index contributed by atoms with van der Waals surface area (Å²) in [7, 11) is 0. The van der Waals surface area contributed by atoms with Gasteiger partial charge in [-0.25, -0.2) is 4.39 Å². The predicted octanol–water partition coefficient (Wildman–Crippen LogP) is 4.52. The van der Waals surface area contributed by atoms with Gasteiger partial charge in [-0.3, -0.25) is 0 Å². The second-order valence-corrected chi connectivity index (χ2v) is 7.57. The van der Waals surface area contributed by atoms with Gasteiger partial charge in [0, 0.05) is 21.1 Å². The molecule has 100 valence electrons. The summed E-state index contributed by atoms with van der Waals surface area (Å²) in [6.07, 6.45) is 0.177. The molecule has 1 unspecified atom stereocenters. The van der Waals surface area contributed by atoms with Gasteiger partial charge in [0.15, 0.2) is 0 Å². The van der Waals surface area contributed by atoms with Crippen molar-refractivity contribution in [3.8, 4) is 0 Å². The first kappa shape index (κ1) is 13.6. The van der Waals surface area contributed by atoms with E-state index < -0.39 is 6.10 Å². The molecular formula is C14H12BrFOS2. The highest BCUT2D eigenvalue weighted by Gasteiger charge is 2.21. The Labute approximate surface area is 128 Å². The minimum Gasteiger partial charge on any atom is -0.383 e. The van der Waals surface area contributed by atoms with Crippen molar-refractivity contribution in [2.24, 2.45) is 0 Å². The van der Waals surface area contributed by atoms with Crippen molar-refractivity contribution in [1.29, 1.82) is 0 Å². The normalized spacial score (nSPS) is 16.2. The minimum absolute atomic E-state index is 0.334. The van der Waals surface area contributed by atoms with Crippen molar-refractivity contribution >= 4 is 39.0 Å². The monoisotopic (exact) mass is 358 g/mol. The Kier molecular flexibility index (Phi) is 3.98. The second-order valence-electron chi connectivity index (χ2n) is 4.45. The van der Waals surface area contributed by atoms with Crippen LogP contribution in [0.2, 0.25) is 0 Å². The molecule has 1 aromatic carbocycles. The van der Waals surface area contributed by atoms with E-state index in [0.717, 1.165) is 22.8 Å². The molecule has 1 aromatic heterocycles. The van der Waals surface area contributed by atoms with E-state index in [9.17, 15) is 9.50 Å². The Morgan fingerprint density at radius 2 is 2.21 bits per heavy atom. The number of thioether (sulfide) groups is 1. The molecule has 1 aliphatic rings. The minimum atomic E-state index is -0.877. The number of aliphatic hydroxyl groups is 1. The molecule has 0 bridgehead atoms. The molecule has 0 saturated carbocycles. The fourth-order valence-electron chi connectivity index (χ4n) is 2.19. The Bertz CT molecular complexity index is 588. The Hall–Kier alpha value is -0.360. The third-order valence-corrected chi connectivity index (χ3v) is 6.10. The Balaban J connectivity index is 1.97. The highest BCUT2D eigenvalue weighted by molar-refractivity contribution is 9.10. The van der Waals surface area contributed by atoms with Crippen LogP contribution in [0.4, 0.5) is 4.39 Å². The molecule has 1 N–H and O–H groups in total. The summed E-state index contributed by atoms with van der Waals surface area (Å²) in [6, 6.07) is 7.05. The van der Waals surface area contributed by atoms with Crippen LogP contribution in [0.5, 0.6) is 0 Å². The van der Waals surface area contributed by atoms with Crippen molar-refractivity contribution in [3.63, 3.8) is 0 Å².